The van der Waals surface area contributed by atoms with E-state index in [1.54, 1.807) is 34.7 Å². The Morgan fingerprint density at radius 3 is 3.00 bits per heavy atom. The summed E-state index contributed by atoms with van der Waals surface area (Å²) in [5.41, 5.74) is 0.867. The summed E-state index contributed by atoms with van der Waals surface area (Å²) in [6, 6.07) is 11.7. The van der Waals surface area contributed by atoms with Crippen LogP contribution >= 0.6 is 23.5 Å². The number of nitrogens with zero attached hydrogens (tertiary/aromatic N) is 1. The summed E-state index contributed by atoms with van der Waals surface area (Å²) in [5.74, 6) is 2.23. The summed E-state index contributed by atoms with van der Waals surface area (Å²) < 4.78 is 5.27. The first-order valence-corrected chi connectivity index (χ1v) is 10.9. The Kier molecular flexibility index (Phi) is 6.68. The Morgan fingerprint density at radius 2 is 2.23 bits per heavy atom. The van der Waals surface area contributed by atoms with Gasteiger partial charge < -0.3 is 14.6 Å². The molecule has 1 aliphatic rings. The van der Waals surface area contributed by atoms with Crippen molar-refractivity contribution in [1.29, 1.82) is 0 Å². The zero-order valence-corrected chi connectivity index (χ0v) is 16.3. The molecule has 1 aliphatic heterocycles. The third kappa shape index (κ3) is 4.86. The Labute approximate surface area is 161 Å². The van der Waals surface area contributed by atoms with Crippen LogP contribution in [0.15, 0.2) is 52.0 Å². The summed E-state index contributed by atoms with van der Waals surface area (Å²) in [4.78, 5) is 27.5. The molecular weight excluding hydrogens is 368 g/mol. The van der Waals surface area contributed by atoms with Gasteiger partial charge in [0.2, 0.25) is 11.8 Å². The molecule has 0 radical (unpaired) electrons. The molecule has 1 fully saturated rings. The zero-order valence-electron chi connectivity index (χ0n) is 14.6. The van der Waals surface area contributed by atoms with E-state index in [4.69, 9.17) is 4.42 Å². The summed E-state index contributed by atoms with van der Waals surface area (Å²) in [7, 11) is 0. The fraction of sp³-hybridized carbons (Fsp3) is 0.368. The fourth-order valence-electron chi connectivity index (χ4n) is 2.87. The Morgan fingerprint density at radius 1 is 1.35 bits per heavy atom. The van der Waals surface area contributed by atoms with Crippen LogP contribution in [0, 0.1) is 5.92 Å². The quantitative estimate of drug-likeness (QED) is 0.553. The van der Waals surface area contributed by atoms with Crippen LogP contribution in [0.25, 0.3) is 0 Å². The van der Waals surface area contributed by atoms with Crippen LogP contribution in [0.5, 0.6) is 0 Å². The number of hydrogen-bond donors (Lipinski definition) is 1. The van der Waals surface area contributed by atoms with Crippen LogP contribution in [0.3, 0.4) is 0 Å². The molecule has 1 atom stereocenters. The molecule has 7 heteroatoms. The Hall–Kier alpha value is -1.86. The van der Waals surface area contributed by atoms with E-state index in [9.17, 15) is 9.59 Å². The molecule has 1 saturated heterocycles. The van der Waals surface area contributed by atoms with E-state index in [2.05, 4.69) is 5.32 Å². The lowest BCUT2D eigenvalue weighted by Gasteiger charge is -2.17. The first-order valence-electron chi connectivity index (χ1n) is 8.49. The molecule has 1 aromatic carbocycles. The van der Waals surface area contributed by atoms with Crippen LogP contribution < -0.4 is 10.2 Å². The van der Waals surface area contributed by atoms with Gasteiger partial charge in [-0.3, -0.25) is 9.59 Å². The molecule has 138 valence electrons. The number of hydrogen-bond acceptors (Lipinski definition) is 5. The van der Waals surface area contributed by atoms with Crippen molar-refractivity contribution in [2.24, 2.45) is 5.92 Å². The van der Waals surface area contributed by atoms with Gasteiger partial charge in [0.15, 0.2) is 0 Å². The highest BCUT2D eigenvalue weighted by Gasteiger charge is 2.34. The summed E-state index contributed by atoms with van der Waals surface area (Å²) in [5, 5.41) is 2.95. The molecule has 0 bridgehead atoms. The van der Waals surface area contributed by atoms with Crippen molar-refractivity contribution < 1.29 is 14.0 Å². The number of anilines is 1. The molecule has 1 N–H and O–H groups in total. The standard InChI is InChI=1S/C19H22N2O3S2/c1-25-17-6-2-4-15(11-17)21-12-14(10-18(21)22)19(23)20-7-9-26-13-16-5-3-8-24-16/h2-6,8,11,14H,7,9-10,12-13H2,1H3,(H,20,23). The number of furan rings is 1. The van der Waals surface area contributed by atoms with Crippen LogP contribution in [-0.4, -0.2) is 36.9 Å². The van der Waals surface area contributed by atoms with Gasteiger partial charge in [0.25, 0.3) is 0 Å². The maximum Gasteiger partial charge on any atom is 0.227 e. The van der Waals surface area contributed by atoms with Gasteiger partial charge in [0.05, 0.1) is 17.9 Å². The van der Waals surface area contributed by atoms with E-state index in [1.807, 2.05) is 42.7 Å². The molecule has 0 spiro atoms. The van der Waals surface area contributed by atoms with E-state index in [0.717, 1.165) is 27.8 Å². The summed E-state index contributed by atoms with van der Waals surface area (Å²) >= 11 is 3.35. The van der Waals surface area contributed by atoms with Gasteiger partial charge in [-0.15, -0.1) is 11.8 Å². The predicted molar refractivity (Wildman–Crippen MR) is 107 cm³/mol. The minimum atomic E-state index is -0.282. The molecule has 1 aromatic heterocycles. The second-order valence-electron chi connectivity index (χ2n) is 6.03. The van der Waals surface area contributed by atoms with Crippen LogP contribution in [0.2, 0.25) is 0 Å². The highest BCUT2D eigenvalue weighted by atomic mass is 32.2. The van der Waals surface area contributed by atoms with E-state index < -0.39 is 0 Å². The van der Waals surface area contributed by atoms with E-state index >= 15 is 0 Å². The van der Waals surface area contributed by atoms with Crippen molar-refractivity contribution in [1.82, 2.24) is 5.32 Å². The molecular formula is C19H22N2O3S2. The highest BCUT2D eigenvalue weighted by Crippen LogP contribution is 2.28. The van der Waals surface area contributed by atoms with Gasteiger partial charge in [-0.25, -0.2) is 0 Å². The first-order chi connectivity index (χ1) is 12.7. The Bertz CT molecular complexity index is 749. The second kappa shape index (κ2) is 9.19. The molecule has 5 nitrogen and oxygen atoms in total. The van der Waals surface area contributed by atoms with Crippen molar-refractivity contribution in [3.8, 4) is 0 Å². The molecule has 2 amide bonds. The minimum absolute atomic E-state index is 0.00981. The monoisotopic (exact) mass is 390 g/mol. The maximum absolute atomic E-state index is 12.4. The normalized spacial score (nSPS) is 16.9. The molecule has 3 rings (SSSR count). The molecule has 2 heterocycles. The van der Waals surface area contributed by atoms with Gasteiger partial charge in [0.1, 0.15) is 5.76 Å². The number of carbonyl (C=O) groups excluding carboxylic acids is 2. The summed E-state index contributed by atoms with van der Waals surface area (Å²) in [6.07, 6.45) is 3.94. The average Bonchev–Trinajstić information content (AvgIpc) is 3.31. The largest absolute Gasteiger partial charge is 0.468 e. The zero-order chi connectivity index (χ0) is 18.4. The third-order valence-electron chi connectivity index (χ3n) is 4.23. The van der Waals surface area contributed by atoms with E-state index in [0.29, 0.717) is 13.1 Å². The maximum atomic E-state index is 12.4. The molecule has 26 heavy (non-hydrogen) atoms. The fourth-order valence-corrected chi connectivity index (χ4v) is 4.08. The van der Waals surface area contributed by atoms with Gasteiger partial charge in [-0.1, -0.05) is 6.07 Å². The highest BCUT2D eigenvalue weighted by molar-refractivity contribution is 7.98. The number of thioether (sulfide) groups is 2. The SMILES string of the molecule is CSc1cccc(N2CC(C(=O)NCCSCc3ccco3)CC2=O)c1. The Balaban J connectivity index is 1.44. The van der Waals surface area contributed by atoms with Gasteiger partial charge in [-0.2, -0.15) is 11.8 Å². The van der Waals surface area contributed by atoms with Gasteiger partial charge >= 0.3 is 0 Å². The number of amides is 2. The van der Waals surface area contributed by atoms with Crippen LogP contribution in [0.4, 0.5) is 5.69 Å². The van der Waals surface area contributed by atoms with Gasteiger partial charge in [-0.05, 0) is 36.6 Å². The van der Waals surface area contributed by atoms with Crippen molar-refractivity contribution >= 4 is 41.0 Å². The second-order valence-corrected chi connectivity index (χ2v) is 8.01. The first kappa shape index (κ1) is 18.9. The van der Waals surface area contributed by atoms with E-state index in [1.165, 1.54) is 0 Å². The lowest BCUT2D eigenvalue weighted by Crippen LogP contribution is -2.34. The predicted octanol–water partition coefficient (Wildman–Crippen LogP) is 3.40. The molecule has 2 aromatic rings. The van der Waals surface area contributed by atoms with Gasteiger partial charge in [0, 0.05) is 35.8 Å². The van der Waals surface area contributed by atoms with Crippen LogP contribution in [-0.2, 0) is 15.3 Å². The summed E-state index contributed by atoms with van der Waals surface area (Å²) in [6.45, 7) is 1.04. The third-order valence-corrected chi connectivity index (χ3v) is 5.94. The van der Waals surface area contributed by atoms with Crippen molar-refractivity contribution in [2.75, 3.05) is 30.0 Å². The van der Waals surface area contributed by atoms with E-state index in [-0.39, 0.29) is 24.2 Å². The van der Waals surface area contributed by atoms with Crippen molar-refractivity contribution in [3.63, 3.8) is 0 Å². The number of benzene rings is 1. The molecule has 1 unspecified atom stereocenters. The smallest absolute Gasteiger partial charge is 0.227 e. The number of carbonyl (C=O) groups is 2. The lowest BCUT2D eigenvalue weighted by molar-refractivity contribution is -0.126. The number of rotatable bonds is 8. The lowest BCUT2D eigenvalue weighted by atomic mass is 10.1. The van der Waals surface area contributed by atoms with Crippen molar-refractivity contribution in [3.05, 3.63) is 48.4 Å². The van der Waals surface area contributed by atoms with Crippen LogP contribution in [0.1, 0.15) is 12.2 Å². The molecule has 0 saturated carbocycles. The minimum Gasteiger partial charge on any atom is -0.468 e. The molecule has 0 aliphatic carbocycles. The topological polar surface area (TPSA) is 62.6 Å². The van der Waals surface area contributed by atoms with Crippen molar-refractivity contribution in [2.45, 2.75) is 17.1 Å². The average molecular weight is 391 g/mol. The number of nitrogens with one attached hydrogen (secondary N) is 1.